The average molecular weight is 308 g/mol. The quantitative estimate of drug-likeness (QED) is 0.789. The predicted molar refractivity (Wildman–Crippen MR) is 81.0 cm³/mol. The van der Waals surface area contributed by atoms with Crippen molar-refractivity contribution < 1.29 is 9.59 Å². The van der Waals surface area contributed by atoms with Gasteiger partial charge in [-0.1, -0.05) is 6.07 Å². The van der Waals surface area contributed by atoms with Crippen LogP contribution in [0.1, 0.15) is 4.88 Å². The third kappa shape index (κ3) is 3.61. The molecular formula is C14H20N4O2S. The van der Waals surface area contributed by atoms with Crippen molar-refractivity contribution in [1.82, 2.24) is 20.4 Å². The molecule has 21 heavy (non-hydrogen) atoms. The molecular weight excluding hydrogens is 288 g/mol. The number of rotatable bonds is 3. The summed E-state index contributed by atoms with van der Waals surface area (Å²) in [5.74, 6) is 0.0607. The lowest BCUT2D eigenvalue weighted by Crippen LogP contribution is -2.60. The molecule has 0 aliphatic carbocycles. The highest BCUT2D eigenvalue weighted by Crippen LogP contribution is 2.14. The van der Waals surface area contributed by atoms with E-state index in [1.54, 1.807) is 11.3 Å². The number of nitrogens with zero attached hydrogens (tertiary/aromatic N) is 2. The second-order valence-corrected chi connectivity index (χ2v) is 6.45. The molecule has 0 saturated carbocycles. The van der Waals surface area contributed by atoms with Crippen LogP contribution in [0, 0.1) is 0 Å². The molecule has 0 aromatic carbocycles. The normalized spacial score (nSPS) is 23.9. The van der Waals surface area contributed by atoms with Gasteiger partial charge in [-0.2, -0.15) is 0 Å². The average Bonchev–Trinajstić information content (AvgIpc) is 3.01. The number of carbonyl (C=O) groups is 2. The van der Waals surface area contributed by atoms with E-state index in [0.29, 0.717) is 6.54 Å². The molecule has 2 aliphatic rings. The Kier molecular flexibility index (Phi) is 4.52. The van der Waals surface area contributed by atoms with Crippen LogP contribution in [0.4, 0.5) is 0 Å². The van der Waals surface area contributed by atoms with Crippen molar-refractivity contribution in [2.75, 3.05) is 39.3 Å². The van der Waals surface area contributed by atoms with E-state index in [-0.39, 0.29) is 24.4 Å². The van der Waals surface area contributed by atoms with E-state index >= 15 is 0 Å². The standard InChI is InChI=1S/C14H20N4O2S/c19-13-9-15-12(8-16-13)14(20)18-5-3-17(4-6-18)10-11-2-1-7-21-11/h1-2,7,12,15H,3-6,8-10H2,(H,16,19). The number of hydrogen-bond donors (Lipinski definition) is 2. The molecule has 2 amide bonds. The zero-order chi connectivity index (χ0) is 14.7. The summed E-state index contributed by atoms with van der Waals surface area (Å²) >= 11 is 1.77. The Hall–Kier alpha value is -1.44. The molecule has 0 spiro atoms. The Bertz CT molecular complexity index is 487. The monoisotopic (exact) mass is 308 g/mol. The predicted octanol–water partition coefficient (Wildman–Crippen LogP) is -0.520. The molecule has 2 saturated heterocycles. The van der Waals surface area contributed by atoms with E-state index in [1.165, 1.54) is 4.88 Å². The van der Waals surface area contributed by atoms with Gasteiger partial charge in [-0.15, -0.1) is 11.3 Å². The Balaban J connectivity index is 1.46. The van der Waals surface area contributed by atoms with Gasteiger partial charge in [-0.25, -0.2) is 0 Å². The van der Waals surface area contributed by atoms with Gasteiger partial charge in [-0.05, 0) is 11.4 Å². The van der Waals surface area contributed by atoms with Gasteiger partial charge in [0.05, 0.1) is 6.54 Å². The van der Waals surface area contributed by atoms with Gasteiger partial charge in [0.2, 0.25) is 11.8 Å². The molecule has 2 aliphatic heterocycles. The molecule has 3 rings (SSSR count). The maximum Gasteiger partial charge on any atom is 0.241 e. The van der Waals surface area contributed by atoms with Crippen molar-refractivity contribution in [3.63, 3.8) is 0 Å². The van der Waals surface area contributed by atoms with E-state index in [0.717, 1.165) is 32.7 Å². The zero-order valence-electron chi connectivity index (χ0n) is 11.9. The molecule has 1 unspecified atom stereocenters. The molecule has 2 fully saturated rings. The molecule has 6 nitrogen and oxygen atoms in total. The lowest BCUT2D eigenvalue weighted by atomic mass is 10.2. The van der Waals surface area contributed by atoms with Crippen molar-refractivity contribution >= 4 is 23.2 Å². The molecule has 114 valence electrons. The number of piperazine rings is 2. The van der Waals surface area contributed by atoms with Crippen LogP contribution < -0.4 is 10.6 Å². The molecule has 0 bridgehead atoms. The first-order valence-corrected chi connectivity index (χ1v) is 8.14. The zero-order valence-corrected chi connectivity index (χ0v) is 12.7. The van der Waals surface area contributed by atoms with Crippen molar-refractivity contribution in [2.45, 2.75) is 12.6 Å². The fourth-order valence-electron chi connectivity index (χ4n) is 2.71. The summed E-state index contributed by atoms with van der Waals surface area (Å²) in [7, 11) is 0. The summed E-state index contributed by atoms with van der Waals surface area (Å²) in [5.41, 5.74) is 0. The lowest BCUT2D eigenvalue weighted by Gasteiger charge is -2.37. The van der Waals surface area contributed by atoms with Gasteiger partial charge in [0.15, 0.2) is 0 Å². The summed E-state index contributed by atoms with van der Waals surface area (Å²) in [6.45, 7) is 4.93. The first kappa shape index (κ1) is 14.5. The van der Waals surface area contributed by atoms with E-state index in [4.69, 9.17) is 0 Å². The topological polar surface area (TPSA) is 64.7 Å². The van der Waals surface area contributed by atoms with Crippen molar-refractivity contribution in [2.24, 2.45) is 0 Å². The fraction of sp³-hybridized carbons (Fsp3) is 0.571. The Morgan fingerprint density at radius 3 is 2.76 bits per heavy atom. The summed E-state index contributed by atoms with van der Waals surface area (Å²) in [5, 5.41) is 7.83. The van der Waals surface area contributed by atoms with Crippen molar-refractivity contribution in [3.05, 3.63) is 22.4 Å². The van der Waals surface area contributed by atoms with Crippen LogP contribution in [0.3, 0.4) is 0 Å². The molecule has 0 radical (unpaired) electrons. The second-order valence-electron chi connectivity index (χ2n) is 5.42. The third-order valence-corrected chi connectivity index (χ3v) is 4.82. The summed E-state index contributed by atoms with van der Waals surface area (Å²) < 4.78 is 0. The highest BCUT2D eigenvalue weighted by Gasteiger charge is 2.29. The molecule has 1 aromatic heterocycles. The van der Waals surface area contributed by atoms with Gasteiger partial charge in [0.25, 0.3) is 0 Å². The second kappa shape index (κ2) is 6.55. The smallest absolute Gasteiger partial charge is 0.241 e. The molecule has 3 heterocycles. The maximum atomic E-state index is 12.4. The van der Waals surface area contributed by atoms with E-state index < -0.39 is 0 Å². The molecule has 2 N–H and O–H groups in total. The number of hydrogen-bond acceptors (Lipinski definition) is 5. The van der Waals surface area contributed by atoms with Crippen molar-refractivity contribution in [1.29, 1.82) is 0 Å². The van der Waals surface area contributed by atoms with Gasteiger partial charge in [0.1, 0.15) is 6.04 Å². The van der Waals surface area contributed by atoms with Crippen LogP contribution in [-0.2, 0) is 16.1 Å². The largest absolute Gasteiger partial charge is 0.353 e. The van der Waals surface area contributed by atoms with Crippen molar-refractivity contribution in [3.8, 4) is 0 Å². The number of carbonyl (C=O) groups excluding carboxylic acids is 2. The van der Waals surface area contributed by atoms with Crippen LogP contribution >= 0.6 is 11.3 Å². The number of thiophene rings is 1. The Morgan fingerprint density at radius 1 is 1.33 bits per heavy atom. The summed E-state index contributed by atoms with van der Waals surface area (Å²) in [6, 6.07) is 3.95. The number of nitrogens with one attached hydrogen (secondary N) is 2. The van der Waals surface area contributed by atoms with Crippen LogP contribution in [0.25, 0.3) is 0 Å². The third-order valence-electron chi connectivity index (χ3n) is 3.95. The van der Waals surface area contributed by atoms with E-state index in [1.807, 2.05) is 4.90 Å². The van der Waals surface area contributed by atoms with Gasteiger partial charge in [-0.3, -0.25) is 19.8 Å². The highest BCUT2D eigenvalue weighted by atomic mass is 32.1. The van der Waals surface area contributed by atoms with E-state index in [2.05, 4.69) is 33.0 Å². The molecule has 1 atom stereocenters. The first-order chi connectivity index (χ1) is 10.2. The Labute approximate surface area is 128 Å². The Morgan fingerprint density at radius 2 is 2.14 bits per heavy atom. The van der Waals surface area contributed by atoms with Crippen LogP contribution in [0.15, 0.2) is 17.5 Å². The van der Waals surface area contributed by atoms with Crippen LogP contribution in [0.5, 0.6) is 0 Å². The minimum atomic E-state index is -0.272. The van der Waals surface area contributed by atoms with Crippen LogP contribution in [-0.4, -0.2) is 66.9 Å². The highest BCUT2D eigenvalue weighted by molar-refractivity contribution is 7.09. The van der Waals surface area contributed by atoms with Gasteiger partial charge >= 0.3 is 0 Å². The fourth-order valence-corrected chi connectivity index (χ4v) is 3.46. The van der Waals surface area contributed by atoms with Crippen LogP contribution in [0.2, 0.25) is 0 Å². The number of amides is 2. The lowest BCUT2D eigenvalue weighted by molar-refractivity contribution is -0.136. The SMILES string of the molecule is O=C1CNC(C(=O)N2CCN(Cc3cccs3)CC2)CN1. The molecule has 1 aromatic rings. The van der Waals surface area contributed by atoms with Gasteiger partial charge in [0, 0.05) is 44.1 Å². The minimum Gasteiger partial charge on any atom is -0.353 e. The maximum absolute atomic E-state index is 12.4. The summed E-state index contributed by atoms with van der Waals surface area (Å²) in [4.78, 5) is 29.1. The molecule has 7 heteroatoms. The van der Waals surface area contributed by atoms with Gasteiger partial charge < -0.3 is 10.2 Å². The summed E-state index contributed by atoms with van der Waals surface area (Å²) in [6.07, 6.45) is 0. The van der Waals surface area contributed by atoms with E-state index in [9.17, 15) is 9.59 Å². The minimum absolute atomic E-state index is 0.0418. The first-order valence-electron chi connectivity index (χ1n) is 7.26.